The van der Waals surface area contributed by atoms with Crippen molar-refractivity contribution in [3.63, 3.8) is 0 Å². The van der Waals surface area contributed by atoms with Gasteiger partial charge in [0.25, 0.3) is 5.91 Å². The van der Waals surface area contributed by atoms with E-state index in [1.165, 1.54) is 12.1 Å². The number of morpholine rings is 1. The van der Waals surface area contributed by atoms with Crippen LogP contribution in [0, 0.1) is 12.7 Å². The summed E-state index contributed by atoms with van der Waals surface area (Å²) in [5.41, 5.74) is -0.623. The Morgan fingerprint density at radius 2 is 2.00 bits per heavy atom. The Balaban J connectivity index is 1.49. The number of amides is 1. The first-order valence-electron chi connectivity index (χ1n) is 11.9. The van der Waals surface area contributed by atoms with Crippen LogP contribution in [0.5, 0.6) is 0 Å². The first kappa shape index (κ1) is 26.1. The van der Waals surface area contributed by atoms with E-state index in [1.54, 1.807) is 30.0 Å². The van der Waals surface area contributed by atoms with Gasteiger partial charge in [-0.1, -0.05) is 6.07 Å². The molecule has 5 rings (SSSR count). The summed E-state index contributed by atoms with van der Waals surface area (Å²) >= 11 is 0. The molecule has 2 aliphatic heterocycles. The average molecular weight is 533 g/mol. The molecule has 200 valence electrons. The van der Waals surface area contributed by atoms with E-state index in [0.29, 0.717) is 47.8 Å². The topological polar surface area (TPSA) is 74.7 Å². The normalized spacial score (nSPS) is 21.0. The van der Waals surface area contributed by atoms with Crippen molar-refractivity contribution in [2.75, 3.05) is 36.6 Å². The van der Waals surface area contributed by atoms with E-state index in [2.05, 4.69) is 10.3 Å². The fourth-order valence-electron chi connectivity index (χ4n) is 5.05. The smallest absolute Gasteiger partial charge is 0.393 e. The number of alkyl halides is 4. The van der Waals surface area contributed by atoms with Crippen LogP contribution in [0.25, 0.3) is 11.1 Å². The molecule has 2 aliphatic rings. The van der Waals surface area contributed by atoms with Crippen LogP contribution >= 0.6 is 0 Å². The second kappa shape index (κ2) is 9.63. The van der Waals surface area contributed by atoms with Gasteiger partial charge >= 0.3 is 6.18 Å². The zero-order chi connectivity index (χ0) is 27.2. The van der Waals surface area contributed by atoms with Crippen LogP contribution in [0.2, 0.25) is 0 Å². The number of aryl methyl sites for hydroxylation is 1. The predicted octanol–water partition coefficient (Wildman–Crippen LogP) is 4.93. The summed E-state index contributed by atoms with van der Waals surface area (Å²) in [6.45, 7) is 1.85. The van der Waals surface area contributed by atoms with Crippen LogP contribution in [-0.4, -0.2) is 54.1 Å². The number of anilines is 2. The minimum atomic E-state index is -4.65. The summed E-state index contributed by atoms with van der Waals surface area (Å²) in [6.07, 6.45) is -3.16. The number of halogens is 5. The van der Waals surface area contributed by atoms with Gasteiger partial charge in [0, 0.05) is 42.3 Å². The summed E-state index contributed by atoms with van der Waals surface area (Å²) < 4.78 is 75.4. The molecule has 0 saturated carbocycles. The Bertz CT molecular complexity index is 1400. The van der Waals surface area contributed by atoms with Crippen LogP contribution in [0.3, 0.4) is 0 Å². The van der Waals surface area contributed by atoms with Gasteiger partial charge in [0.05, 0.1) is 37.0 Å². The first-order valence-corrected chi connectivity index (χ1v) is 11.9. The molecule has 1 aromatic heterocycles. The number of pyridine rings is 1. The molecule has 3 heterocycles. The van der Waals surface area contributed by atoms with Crippen LogP contribution in [-0.2, 0) is 17.3 Å². The third kappa shape index (κ3) is 4.71. The number of aliphatic hydroxyl groups excluding tert-OH is 1. The molecule has 6 nitrogen and oxygen atoms in total. The monoisotopic (exact) mass is 533 g/mol. The molecule has 0 bridgehead atoms. The minimum absolute atomic E-state index is 0.0914. The number of aromatic nitrogens is 1. The zero-order valence-corrected chi connectivity index (χ0v) is 20.3. The molecular formula is C27H24F5N3O3. The molecule has 2 atom stereocenters. The minimum Gasteiger partial charge on any atom is -0.393 e. The highest BCUT2D eigenvalue weighted by atomic mass is 19.4. The molecule has 3 aromatic rings. The zero-order valence-electron chi connectivity index (χ0n) is 20.3. The van der Waals surface area contributed by atoms with Gasteiger partial charge in [-0.15, -0.1) is 0 Å². The summed E-state index contributed by atoms with van der Waals surface area (Å²) in [4.78, 5) is 18.0. The molecule has 2 aromatic carbocycles. The van der Waals surface area contributed by atoms with Gasteiger partial charge in [-0.05, 0) is 53.9 Å². The van der Waals surface area contributed by atoms with Crippen molar-refractivity contribution < 1.29 is 36.6 Å². The van der Waals surface area contributed by atoms with Crippen LogP contribution in [0.1, 0.15) is 27.0 Å². The molecule has 0 aliphatic carbocycles. The second-order valence-electron chi connectivity index (χ2n) is 9.56. The number of nitrogens with zero attached hydrogens (tertiary/aromatic N) is 2. The van der Waals surface area contributed by atoms with Crippen molar-refractivity contribution >= 4 is 17.3 Å². The lowest BCUT2D eigenvalue weighted by molar-refractivity contribution is -0.137. The van der Waals surface area contributed by atoms with E-state index < -0.39 is 41.8 Å². The molecule has 38 heavy (non-hydrogen) atoms. The number of hydrogen-bond donors (Lipinski definition) is 2. The van der Waals surface area contributed by atoms with Crippen molar-refractivity contribution in [3.8, 4) is 11.1 Å². The maximum Gasteiger partial charge on any atom is 0.417 e. The van der Waals surface area contributed by atoms with E-state index in [0.717, 1.165) is 6.20 Å². The van der Waals surface area contributed by atoms with E-state index in [-0.39, 0.29) is 29.8 Å². The Kier molecular flexibility index (Phi) is 6.60. The lowest BCUT2D eigenvalue weighted by atomic mass is 9.82. The van der Waals surface area contributed by atoms with Crippen molar-refractivity contribution in [1.29, 1.82) is 0 Å². The molecular weight excluding hydrogens is 509 g/mol. The lowest BCUT2D eigenvalue weighted by Gasteiger charge is -2.48. The maximum atomic E-state index is 15.5. The van der Waals surface area contributed by atoms with Crippen molar-refractivity contribution in [1.82, 2.24) is 4.98 Å². The molecule has 0 unspecified atom stereocenters. The highest BCUT2D eigenvalue weighted by Crippen LogP contribution is 2.43. The summed E-state index contributed by atoms with van der Waals surface area (Å²) in [7, 11) is 0. The number of hydrogen-bond acceptors (Lipinski definition) is 5. The largest absolute Gasteiger partial charge is 0.417 e. The first-order chi connectivity index (χ1) is 18.0. The lowest BCUT2D eigenvalue weighted by Crippen LogP contribution is -2.62. The Morgan fingerprint density at radius 1 is 1.21 bits per heavy atom. The number of nitrogens with one attached hydrogen (secondary N) is 1. The van der Waals surface area contributed by atoms with E-state index in [9.17, 15) is 23.1 Å². The fraction of sp³-hybridized carbons (Fsp3) is 0.333. The van der Waals surface area contributed by atoms with Gasteiger partial charge in [-0.2, -0.15) is 13.2 Å². The number of carbonyl (C=O) groups excluding carboxylic acids is 1. The molecule has 2 N–H and O–H groups in total. The van der Waals surface area contributed by atoms with E-state index in [1.807, 2.05) is 0 Å². The molecule has 0 spiro atoms. The Labute approximate surface area is 215 Å². The van der Waals surface area contributed by atoms with Crippen molar-refractivity contribution in [2.45, 2.75) is 31.2 Å². The van der Waals surface area contributed by atoms with Gasteiger partial charge in [-0.25, -0.2) is 8.78 Å². The Hall–Kier alpha value is -3.57. The van der Waals surface area contributed by atoms with Crippen LogP contribution < -0.4 is 10.2 Å². The van der Waals surface area contributed by atoms with Gasteiger partial charge in [0.2, 0.25) is 0 Å². The van der Waals surface area contributed by atoms with E-state index in [4.69, 9.17) is 4.74 Å². The number of fused-ring (bicyclic) bond motifs is 3. The second-order valence-corrected chi connectivity index (χ2v) is 9.56. The maximum absolute atomic E-state index is 15.5. The highest BCUT2D eigenvalue weighted by molar-refractivity contribution is 6.04. The van der Waals surface area contributed by atoms with Crippen LogP contribution in [0.15, 0.2) is 48.8 Å². The Morgan fingerprint density at radius 3 is 2.74 bits per heavy atom. The molecule has 1 amide bonds. The van der Waals surface area contributed by atoms with Crippen LogP contribution in [0.4, 0.5) is 33.3 Å². The third-order valence-electron chi connectivity index (χ3n) is 7.06. The molecule has 1 saturated heterocycles. The SMILES string of the molecule is Cc1ccc(NC(=O)c2cncc(C(F)(F)F)c2)cc1-c1cc2c(cc1F)C[C@@](F)(CO)[C@H]1COCCN21. The highest BCUT2D eigenvalue weighted by Gasteiger charge is 2.48. The van der Waals surface area contributed by atoms with Gasteiger partial charge in [-0.3, -0.25) is 9.78 Å². The predicted molar refractivity (Wildman–Crippen MR) is 130 cm³/mol. The number of benzene rings is 2. The summed E-state index contributed by atoms with van der Waals surface area (Å²) in [5, 5.41) is 12.3. The number of rotatable bonds is 4. The number of carbonyl (C=O) groups is 1. The van der Waals surface area contributed by atoms with E-state index >= 15 is 8.78 Å². The van der Waals surface area contributed by atoms with Crippen molar-refractivity contribution in [3.05, 3.63) is 76.9 Å². The molecule has 1 fully saturated rings. The van der Waals surface area contributed by atoms with Gasteiger partial charge < -0.3 is 20.1 Å². The standard InChI is InChI=1S/C27H24F5N3O3/c1-15-2-3-19(34-25(37)17-6-18(12-33-11-17)27(30,31)32)8-20(15)21-9-23-16(7-22(21)28)10-26(29,14-36)24-13-38-5-4-35(23)24/h2-3,6-9,11-12,24,36H,4-5,10,13-14H2,1H3,(H,34,37)/t24-,26-/m1/s1. The molecule has 11 heteroatoms. The number of aliphatic hydroxyl groups is 1. The summed E-state index contributed by atoms with van der Waals surface area (Å²) in [5.74, 6) is -1.41. The van der Waals surface area contributed by atoms with Crippen molar-refractivity contribution in [2.24, 2.45) is 0 Å². The summed E-state index contributed by atoms with van der Waals surface area (Å²) in [6, 6.07) is 7.63. The number of ether oxygens (including phenoxy) is 1. The van der Waals surface area contributed by atoms with Gasteiger partial charge in [0.1, 0.15) is 5.82 Å². The fourth-order valence-corrected chi connectivity index (χ4v) is 5.05. The quantitative estimate of drug-likeness (QED) is 0.466. The third-order valence-corrected chi connectivity index (χ3v) is 7.06. The molecule has 0 radical (unpaired) electrons. The average Bonchev–Trinajstić information content (AvgIpc) is 2.89. The van der Waals surface area contributed by atoms with Gasteiger partial charge in [0.15, 0.2) is 5.67 Å².